The number of benzene rings is 3. The number of rotatable bonds is 4. The summed E-state index contributed by atoms with van der Waals surface area (Å²) in [6.45, 7) is 0. The molecule has 0 aliphatic carbocycles. The fourth-order valence-electron chi connectivity index (χ4n) is 2.66. The monoisotopic (exact) mass is 346 g/mol. The van der Waals surface area contributed by atoms with Crippen LogP contribution < -0.4 is 5.32 Å². The Morgan fingerprint density at radius 1 is 0.556 bits per heavy atom. The molecular weight excluding hydrogens is 332 g/mol. The maximum absolute atomic E-state index is 9.10. The second-order valence-corrected chi connectivity index (χ2v) is 5.73. The van der Waals surface area contributed by atoms with Gasteiger partial charge in [-0.1, -0.05) is 66.7 Å². The van der Waals surface area contributed by atoms with Crippen LogP contribution in [0.25, 0.3) is 22.3 Å². The van der Waals surface area contributed by atoms with Crippen molar-refractivity contribution in [2.75, 3.05) is 5.32 Å². The van der Waals surface area contributed by atoms with Crippen LogP contribution in [0.15, 0.2) is 90.1 Å². The fourth-order valence-corrected chi connectivity index (χ4v) is 2.66. The van der Waals surface area contributed by atoms with Gasteiger partial charge in [-0.15, -0.1) is 0 Å². The highest BCUT2D eigenvalue weighted by molar-refractivity contribution is 5.72. The first kappa shape index (κ1) is 17.5. The van der Waals surface area contributed by atoms with E-state index < -0.39 is 0 Å². The van der Waals surface area contributed by atoms with Gasteiger partial charge in [0.15, 0.2) is 5.57 Å². The van der Waals surface area contributed by atoms with E-state index in [0.29, 0.717) is 5.69 Å². The van der Waals surface area contributed by atoms with Crippen LogP contribution in [0, 0.1) is 34.0 Å². The van der Waals surface area contributed by atoms with E-state index in [-0.39, 0.29) is 11.3 Å². The zero-order chi connectivity index (χ0) is 19.1. The van der Waals surface area contributed by atoms with Crippen molar-refractivity contribution in [1.29, 1.82) is 15.8 Å². The van der Waals surface area contributed by atoms with Gasteiger partial charge in [-0.3, -0.25) is 0 Å². The molecule has 0 aromatic heterocycles. The predicted octanol–water partition coefficient (Wildman–Crippen LogP) is 5.26. The minimum Gasteiger partial charge on any atom is -0.345 e. The second-order valence-electron chi connectivity index (χ2n) is 5.73. The number of hydrogen-bond acceptors (Lipinski definition) is 4. The molecule has 4 heteroatoms. The third-order valence-corrected chi connectivity index (χ3v) is 4.07. The Morgan fingerprint density at radius 3 is 1.44 bits per heavy atom. The van der Waals surface area contributed by atoms with Crippen molar-refractivity contribution >= 4 is 5.69 Å². The zero-order valence-electron chi connectivity index (χ0n) is 14.3. The van der Waals surface area contributed by atoms with E-state index in [0.717, 1.165) is 16.7 Å². The van der Waals surface area contributed by atoms with Gasteiger partial charge in [0.25, 0.3) is 0 Å². The summed E-state index contributed by atoms with van der Waals surface area (Å²) in [4.78, 5) is 0. The van der Waals surface area contributed by atoms with Crippen LogP contribution in [0.4, 0.5) is 5.69 Å². The lowest BCUT2D eigenvalue weighted by Crippen LogP contribution is -2.00. The summed E-state index contributed by atoms with van der Waals surface area (Å²) in [6.07, 6.45) is 0. The molecule has 0 bridgehead atoms. The first-order valence-corrected chi connectivity index (χ1v) is 8.22. The molecule has 1 N–H and O–H groups in total. The van der Waals surface area contributed by atoms with Crippen molar-refractivity contribution in [3.8, 4) is 40.5 Å². The van der Waals surface area contributed by atoms with E-state index in [1.807, 2.05) is 48.5 Å². The van der Waals surface area contributed by atoms with Gasteiger partial charge in [0.1, 0.15) is 23.9 Å². The lowest BCUT2D eigenvalue weighted by molar-refractivity contribution is 1.37. The molecule has 0 amide bonds. The molecule has 0 fully saturated rings. The highest BCUT2D eigenvalue weighted by Gasteiger charge is 2.06. The van der Waals surface area contributed by atoms with E-state index in [2.05, 4.69) is 41.7 Å². The molecule has 3 aromatic rings. The molecule has 4 nitrogen and oxygen atoms in total. The zero-order valence-corrected chi connectivity index (χ0v) is 14.3. The smallest absolute Gasteiger partial charge is 0.163 e. The molecule has 0 saturated heterocycles. The lowest BCUT2D eigenvalue weighted by atomic mass is 10.0. The fraction of sp³-hybridized carbons (Fsp3) is 0. The summed E-state index contributed by atoms with van der Waals surface area (Å²) in [7, 11) is 0. The molecule has 27 heavy (non-hydrogen) atoms. The van der Waals surface area contributed by atoms with E-state index in [1.165, 1.54) is 5.56 Å². The first-order valence-electron chi connectivity index (χ1n) is 8.22. The number of anilines is 1. The Balaban J connectivity index is 1.80. The van der Waals surface area contributed by atoms with Crippen LogP contribution in [-0.2, 0) is 0 Å². The number of nitriles is 3. The number of allylic oxidation sites excluding steroid dienone is 2. The number of nitrogens with one attached hydrogen (secondary N) is 1. The van der Waals surface area contributed by atoms with Crippen molar-refractivity contribution in [3.05, 3.63) is 90.1 Å². The summed E-state index contributed by atoms with van der Waals surface area (Å²) in [6, 6.07) is 31.2. The van der Waals surface area contributed by atoms with Gasteiger partial charge < -0.3 is 5.32 Å². The van der Waals surface area contributed by atoms with E-state index >= 15 is 0 Å². The molecule has 0 radical (unpaired) electrons. The second kappa shape index (κ2) is 8.17. The quantitative estimate of drug-likeness (QED) is 0.653. The maximum Gasteiger partial charge on any atom is 0.163 e. The minimum absolute atomic E-state index is 0.0556. The SMILES string of the molecule is N#CC(C#N)=C(C#N)Nc1ccc(-c2ccc(-c3ccccc3)cc2)cc1. The van der Waals surface area contributed by atoms with Crippen molar-refractivity contribution in [3.63, 3.8) is 0 Å². The predicted molar refractivity (Wildman–Crippen MR) is 105 cm³/mol. The van der Waals surface area contributed by atoms with Crippen molar-refractivity contribution in [1.82, 2.24) is 0 Å². The van der Waals surface area contributed by atoms with Gasteiger partial charge in [-0.25, -0.2) is 0 Å². The van der Waals surface area contributed by atoms with Gasteiger partial charge in [0.2, 0.25) is 0 Å². The normalized spacial score (nSPS) is 9.37. The van der Waals surface area contributed by atoms with E-state index in [4.69, 9.17) is 15.8 Å². The van der Waals surface area contributed by atoms with Gasteiger partial charge in [0, 0.05) is 5.69 Å². The van der Waals surface area contributed by atoms with Crippen LogP contribution in [0.5, 0.6) is 0 Å². The van der Waals surface area contributed by atoms with Crippen LogP contribution in [0.2, 0.25) is 0 Å². The Labute approximate surface area is 157 Å². The van der Waals surface area contributed by atoms with Crippen molar-refractivity contribution < 1.29 is 0 Å². The molecule has 3 rings (SSSR count). The molecule has 126 valence electrons. The van der Waals surface area contributed by atoms with Crippen LogP contribution in [-0.4, -0.2) is 0 Å². The van der Waals surface area contributed by atoms with Crippen LogP contribution in [0.1, 0.15) is 0 Å². The van der Waals surface area contributed by atoms with Crippen molar-refractivity contribution in [2.45, 2.75) is 0 Å². The lowest BCUT2D eigenvalue weighted by Gasteiger charge is -2.08. The third kappa shape index (κ3) is 4.02. The number of nitrogens with zero attached hydrogens (tertiary/aromatic N) is 3. The topological polar surface area (TPSA) is 83.4 Å². The molecule has 0 heterocycles. The molecule has 0 saturated carbocycles. The highest BCUT2D eigenvalue weighted by atomic mass is 14.9. The van der Waals surface area contributed by atoms with Gasteiger partial charge >= 0.3 is 0 Å². The summed E-state index contributed by atoms with van der Waals surface area (Å²) >= 11 is 0. The molecule has 0 unspecified atom stereocenters. The molecule has 0 spiro atoms. The van der Waals surface area contributed by atoms with E-state index in [1.54, 1.807) is 12.1 Å². The number of hydrogen-bond donors (Lipinski definition) is 1. The maximum atomic E-state index is 9.10. The van der Waals surface area contributed by atoms with Crippen molar-refractivity contribution in [2.24, 2.45) is 0 Å². The minimum atomic E-state index is -0.238. The Morgan fingerprint density at radius 2 is 1.00 bits per heavy atom. The Hall–Kier alpha value is -4.33. The molecule has 3 aromatic carbocycles. The Kier molecular flexibility index (Phi) is 5.29. The summed E-state index contributed by atoms with van der Waals surface area (Å²) in [5.74, 6) is 0. The summed E-state index contributed by atoms with van der Waals surface area (Å²) in [5.41, 5.74) is 4.78. The average molecular weight is 346 g/mol. The van der Waals surface area contributed by atoms with Crippen LogP contribution >= 0.6 is 0 Å². The molecule has 0 atom stereocenters. The molecule has 0 aliphatic heterocycles. The summed E-state index contributed by atoms with van der Waals surface area (Å²) in [5, 5.41) is 29.7. The third-order valence-electron chi connectivity index (χ3n) is 4.07. The average Bonchev–Trinajstić information content (AvgIpc) is 2.75. The van der Waals surface area contributed by atoms with Gasteiger partial charge in [-0.2, -0.15) is 15.8 Å². The van der Waals surface area contributed by atoms with Gasteiger partial charge in [0.05, 0.1) is 0 Å². The highest BCUT2D eigenvalue weighted by Crippen LogP contribution is 2.26. The Bertz CT molecular complexity index is 1070. The largest absolute Gasteiger partial charge is 0.345 e. The van der Waals surface area contributed by atoms with E-state index in [9.17, 15) is 0 Å². The standard InChI is InChI=1S/C23H14N4/c24-14-21(15-25)23(16-26)27-22-12-10-20(11-13-22)19-8-6-18(7-9-19)17-4-2-1-3-5-17/h1-13,27H. The first-order chi connectivity index (χ1) is 13.2. The van der Waals surface area contributed by atoms with Gasteiger partial charge in [-0.05, 0) is 34.4 Å². The molecular formula is C23H14N4. The summed E-state index contributed by atoms with van der Waals surface area (Å²) < 4.78 is 0. The molecule has 0 aliphatic rings. The van der Waals surface area contributed by atoms with Crippen LogP contribution in [0.3, 0.4) is 0 Å².